The number of benzene rings is 1. The highest BCUT2D eigenvalue weighted by Crippen LogP contribution is 2.24. The highest BCUT2D eigenvalue weighted by Gasteiger charge is 2.14. The molecule has 0 heterocycles. The molecule has 2 nitrogen and oxygen atoms in total. The Balaban J connectivity index is 1.96. The van der Waals surface area contributed by atoms with E-state index in [-0.39, 0.29) is 5.82 Å². The van der Waals surface area contributed by atoms with Crippen LogP contribution in [0, 0.1) is 12.7 Å². The molecule has 104 valence electrons. The predicted octanol–water partition coefficient (Wildman–Crippen LogP) is 4.52. The summed E-state index contributed by atoms with van der Waals surface area (Å²) in [4.78, 5) is 0. The fourth-order valence-electron chi connectivity index (χ4n) is 2.37. The predicted molar refractivity (Wildman–Crippen MR) is 85.1 cm³/mol. The Kier molecular flexibility index (Phi) is 5.16. The van der Waals surface area contributed by atoms with E-state index in [1.165, 1.54) is 38.2 Å². The lowest BCUT2D eigenvalue weighted by atomic mass is 9.96. The van der Waals surface area contributed by atoms with E-state index < -0.39 is 0 Å². The van der Waals surface area contributed by atoms with Crippen LogP contribution in [0.1, 0.15) is 37.7 Å². The van der Waals surface area contributed by atoms with Crippen LogP contribution in [-0.2, 0) is 0 Å². The second kappa shape index (κ2) is 6.66. The molecule has 1 aromatic rings. The first kappa shape index (κ1) is 14.7. The first-order valence-corrected chi connectivity index (χ1v) is 7.79. The normalized spacial score (nSPS) is 16.2. The van der Waals surface area contributed by atoms with Crippen LogP contribution in [0.5, 0.6) is 0 Å². The smallest absolute Gasteiger partial charge is 0.171 e. The molecule has 0 radical (unpaired) electrons. The van der Waals surface area contributed by atoms with Gasteiger partial charge in [-0.1, -0.05) is 19.3 Å². The minimum atomic E-state index is -0.255. The average molecular weight is 345 g/mol. The molecule has 0 amide bonds. The van der Waals surface area contributed by atoms with Gasteiger partial charge < -0.3 is 10.6 Å². The number of hydrogen-bond donors (Lipinski definition) is 2. The number of aryl methyl sites for hydroxylation is 1. The molecule has 0 bridgehead atoms. The molecule has 1 saturated carbocycles. The third kappa shape index (κ3) is 4.14. The molecule has 19 heavy (non-hydrogen) atoms. The fourth-order valence-corrected chi connectivity index (χ4v) is 2.99. The van der Waals surface area contributed by atoms with E-state index in [1.54, 1.807) is 6.07 Å². The summed E-state index contributed by atoms with van der Waals surface area (Å²) < 4.78 is 13.8. The summed E-state index contributed by atoms with van der Waals surface area (Å²) in [6.45, 7) is 1.86. The molecule has 1 aliphatic rings. The summed E-state index contributed by atoms with van der Waals surface area (Å²) in [5, 5.41) is 7.11. The molecular weight excluding hydrogens is 327 g/mol. The quantitative estimate of drug-likeness (QED) is 0.771. The molecule has 1 fully saturated rings. The standard InChI is InChI=1S/C14H18BrFN2S/c1-9-7-12(16)11(15)8-13(9)18-14(19)17-10-5-3-2-4-6-10/h7-8,10H,2-6H2,1H3,(H2,17,18,19). The zero-order chi connectivity index (χ0) is 13.8. The Morgan fingerprint density at radius 1 is 1.32 bits per heavy atom. The van der Waals surface area contributed by atoms with Crippen molar-refractivity contribution in [1.29, 1.82) is 0 Å². The van der Waals surface area contributed by atoms with Gasteiger partial charge in [0.05, 0.1) is 4.47 Å². The van der Waals surface area contributed by atoms with Crippen molar-refractivity contribution in [3.63, 3.8) is 0 Å². The molecule has 1 aliphatic carbocycles. The molecular formula is C14H18BrFN2S. The van der Waals surface area contributed by atoms with Gasteiger partial charge in [0.25, 0.3) is 0 Å². The van der Waals surface area contributed by atoms with Gasteiger partial charge in [0.15, 0.2) is 5.11 Å². The minimum absolute atomic E-state index is 0.255. The van der Waals surface area contributed by atoms with Gasteiger partial charge in [0.1, 0.15) is 5.82 Å². The van der Waals surface area contributed by atoms with E-state index in [0.717, 1.165) is 11.3 Å². The number of anilines is 1. The van der Waals surface area contributed by atoms with Crippen molar-refractivity contribution in [2.75, 3.05) is 5.32 Å². The third-order valence-corrected chi connectivity index (χ3v) is 4.28. The molecule has 0 spiro atoms. The average Bonchev–Trinajstić information content (AvgIpc) is 2.37. The van der Waals surface area contributed by atoms with Crippen LogP contribution < -0.4 is 10.6 Å². The van der Waals surface area contributed by atoms with Crippen LogP contribution in [0.25, 0.3) is 0 Å². The number of rotatable bonds is 2. The van der Waals surface area contributed by atoms with Crippen LogP contribution in [0.4, 0.5) is 10.1 Å². The highest BCUT2D eigenvalue weighted by molar-refractivity contribution is 9.10. The van der Waals surface area contributed by atoms with Crippen molar-refractivity contribution in [2.45, 2.75) is 45.1 Å². The van der Waals surface area contributed by atoms with E-state index in [9.17, 15) is 4.39 Å². The number of halogens is 2. The van der Waals surface area contributed by atoms with Crippen molar-refractivity contribution in [2.24, 2.45) is 0 Å². The molecule has 0 saturated heterocycles. The Bertz CT molecular complexity index is 473. The summed E-state index contributed by atoms with van der Waals surface area (Å²) in [5.74, 6) is -0.255. The minimum Gasteiger partial charge on any atom is -0.360 e. The van der Waals surface area contributed by atoms with Crippen LogP contribution >= 0.6 is 28.1 Å². The van der Waals surface area contributed by atoms with Crippen molar-refractivity contribution < 1.29 is 4.39 Å². The van der Waals surface area contributed by atoms with Gasteiger partial charge in [-0.25, -0.2) is 4.39 Å². The fraction of sp³-hybridized carbons (Fsp3) is 0.500. The van der Waals surface area contributed by atoms with Crippen molar-refractivity contribution >= 4 is 38.9 Å². The molecule has 5 heteroatoms. The van der Waals surface area contributed by atoms with E-state index in [0.29, 0.717) is 15.6 Å². The second-order valence-electron chi connectivity index (χ2n) is 5.01. The van der Waals surface area contributed by atoms with Crippen LogP contribution in [0.15, 0.2) is 16.6 Å². The number of nitrogens with one attached hydrogen (secondary N) is 2. The zero-order valence-electron chi connectivity index (χ0n) is 10.9. The summed E-state index contributed by atoms with van der Waals surface area (Å²) in [7, 11) is 0. The molecule has 0 aliphatic heterocycles. The molecule has 0 atom stereocenters. The van der Waals surface area contributed by atoms with E-state index in [4.69, 9.17) is 12.2 Å². The second-order valence-corrected chi connectivity index (χ2v) is 6.28. The summed E-state index contributed by atoms with van der Waals surface area (Å²) in [6.07, 6.45) is 6.20. The Hall–Kier alpha value is -0.680. The monoisotopic (exact) mass is 344 g/mol. The third-order valence-electron chi connectivity index (χ3n) is 3.46. The lowest BCUT2D eigenvalue weighted by Gasteiger charge is -2.24. The number of thiocarbonyl (C=S) groups is 1. The topological polar surface area (TPSA) is 24.1 Å². The van der Waals surface area contributed by atoms with Crippen LogP contribution in [-0.4, -0.2) is 11.2 Å². The van der Waals surface area contributed by atoms with Gasteiger partial charge in [-0.2, -0.15) is 0 Å². The first-order chi connectivity index (χ1) is 9.06. The Morgan fingerprint density at radius 2 is 2.00 bits per heavy atom. The highest BCUT2D eigenvalue weighted by atomic mass is 79.9. The lowest BCUT2D eigenvalue weighted by molar-refractivity contribution is 0.415. The molecule has 0 unspecified atom stereocenters. The van der Waals surface area contributed by atoms with Crippen molar-refractivity contribution in [3.8, 4) is 0 Å². The number of hydrogen-bond acceptors (Lipinski definition) is 1. The van der Waals surface area contributed by atoms with Gasteiger partial charge in [-0.3, -0.25) is 0 Å². The summed E-state index contributed by atoms with van der Waals surface area (Å²) >= 11 is 8.51. The van der Waals surface area contributed by atoms with Gasteiger partial charge in [-0.15, -0.1) is 0 Å². The maximum absolute atomic E-state index is 13.3. The van der Waals surface area contributed by atoms with Gasteiger partial charge in [-0.05, 0) is 65.6 Å². The largest absolute Gasteiger partial charge is 0.360 e. The lowest BCUT2D eigenvalue weighted by Crippen LogP contribution is -2.38. The Morgan fingerprint density at radius 3 is 2.68 bits per heavy atom. The van der Waals surface area contributed by atoms with Crippen LogP contribution in [0.2, 0.25) is 0 Å². The molecule has 2 N–H and O–H groups in total. The maximum Gasteiger partial charge on any atom is 0.171 e. The Labute approximate surface area is 127 Å². The van der Waals surface area contributed by atoms with Crippen LogP contribution in [0.3, 0.4) is 0 Å². The van der Waals surface area contributed by atoms with Crippen molar-refractivity contribution in [3.05, 3.63) is 28.0 Å². The molecule has 0 aromatic heterocycles. The summed E-state index contributed by atoms with van der Waals surface area (Å²) in [5.41, 5.74) is 1.68. The van der Waals surface area contributed by atoms with E-state index in [1.807, 2.05) is 6.92 Å². The summed E-state index contributed by atoms with van der Waals surface area (Å²) in [6, 6.07) is 3.69. The van der Waals surface area contributed by atoms with Gasteiger partial charge >= 0.3 is 0 Å². The van der Waals surface area contributed by atoms with E-state index >= 15 is 0 Å². The zero-order valence-corrected chi connectivity index (χ0v) is 13.3. The van der Waals surface area contributed by atoms with Crippen molar-refractivity contribution in [1.82, 2.24) is 5.32 Å². The first-order valence-electron chi connectivity index (χ1n) is 6.59. The van der Waals surface area contributed by atoms with E-state index in [2.05, 4.69) is 26.6 Å². The maximum atomic E-state index is 13.3. The SMILES string of the molecule is Cc1cc(F)c(Br)cc1NC(=S)NC1CCCCC1. The molecule has 1 aromatic carbocycles. The molecule has 2 rings (SSSR count). The van der Waals surface area contributed by atoms with Gasteiger partial charge in [0, 0.05) is 11.7 Å². The van der Waals surface area contributed by atoms with Gasteiger partial charge in [0.2, 0.25) is 0 Å².